The second-order valence-corrected chi connectivity index (χ2v) is 5.11. The number of ether oxygens (including phenoxy) is 1. The summed E-state index contributed by atoms with van der Waals surface area (Å²) in [7, 11) is 0. The SMILES string of the molecule is CC(CO)CN1CCOc2ccc(Br)cc21. The van der Waals surface area contributed by atoms with Crippen LogP contribution in [-0.4, -0.2) is 31.4 Å². The van der Waals surface area contributed by atoms with Crippen molar-refractivity contribution >= 4 is 21.6 Å². The van der Waals surface area contributed by atoms with Gasteiger partial charge in [-0.2, -0.15) is 0 Å². The molecule has 3 nitrogen and oxygen atoms in total. The van der Waals surface area contributed by atoms with Gasteiger partial charge in [0.25, 0.3) is 0 Å². The molecule has 1 N–H and O–H groups in total. The molecule has 0 fully saturated rings. The zero-order valence-electron chi connectivity index (χ0n) is 9.32. The van der Waals surface area contributed by atoms with Crippen LogP contribution >= 0.6 is 15.9 Å². The predicted molar refractivity (Wildman–Crippen MR) is 68.1 cm³/mol. The highest BCUT2D eigenvalue weighted by molar-refractivity contribution is 9.10. The molecular weight excluding hydrogens is 270 g/mol. The number of fused-ring (bicyclic) bond motifs is 1. The molecule has 88 valence electrons. The number of aliphatic hydroxyl groups excluding tert-OH is 1. The van der Waals surface area contributed by atoms with Gasteiger partial charge in [-0.3, -0.25) is 0 Å². The van der Waals surface area contributed by atoms with E-state index < -0.39 is 0 Å². The molecule has 1 aromatic carbocycles. The van der Waals surface area contributed by atoms with Crippen LogP contribution in [0.2, 0.25) is 0 Å². The summed E-state index contributed by atoms with van der Waals surface area (Å²) in [6.45, 7) is 4.73. The highest BCUT2D eigenvalue weighted by Gasteiger charge is 2.19. The summed E-state index contributed by atoms with van der Waals surface area (Å²) in [6.07, 6.45) is 0. The molecule has 1 aliphatic rings. The molecule has 0 amide bonds. The first kappa shape index (κ1) is 11.7. The third-order valence-electron chi connectivity index (χ3n) is 2.72. The van der Waals surface area contributed by atoms with Gasteiger partial charge in [0.1, 0.15) is 12.4 Å². The van der Waals surface area contributed by atoms with Crippen molar-refractivity contribution < 1.29 is 9.84 Å². The molecule has 0 radical (unpaired) electrons. The van der Waals surface area contributed by atoms with E-state index in [0.717, 1.165) is 29.0 Å². The molecule has 1 aliphatic heterocycles. The fourth-order valence-electron chi connectivity index (χ4n) is 1.87. The Bertz CT molecular complexity index is 370. The minimum Gasteiger partial charge on any atom is -0.490 e. The Balaban J connectivity index is 2.21. The number of benzene rings is 1. The van der Waals surface area contributed by atoms with E-state index in [1.54, 1.807) is 0 Å². The normalized spacial score (nSPS) is 16.6. The molecule has 4 heteroatoms. The summed E-state index contributed by atoms with van der Waals surface area (Å²) < 4.78 is 6.65. The van der Waals surface area contributed by atoms with Crippen LogP contribution in [0, 0.1) is 5.92 Å². The molecular formula is C12H16BrNO2. The first-order chi connectivity index (χ1) is 7.70. The zero-order chi connectivity index (χ0) is 11.5. The third kappa shape index (κ3) is 2.50. The standard InChI is InChI=1S/C12H16BrNO2/c1-9(8-15)7-14-4-5-16-12-3-2-10(13)6-11(12)14/h2-3,6,9,15H,4-5,7-8H2,1H3. The van der Waals surface area contributed by atoms with E-state index in [9.17, 15) is 0 Å². The molecule has 0 aliphatic carbocycles. The molecule has 1 aromatic rings. The van der Waals surface area contributed by atoms with Crippen LogP contribution in [0.4, 0.5) is 5.69 Å². The number of aliphatic hydroxyl groups is 1. The Morgan fingerprint density at radius 2 is 2.38 bits per heavy atom. The highest BCUT2D eigenvalue weighted by Crippen LogP contribution is 2.34. The number of hydrogen-bond donors (Lipinski definition) is 1. The number of hydrogen-bond acceptors (Lipinski definition) is 3. The van der Waals surface area contributed by atoms with E-state index in [2.05, 4.69) is 26.9 Å². The molecule has 1 unspecified atom stereocenters. The Kier molecular flexibility index (Phi) is 3.71. The Labute approximate surface area is 104 Å². The summed E-state index contributed by atoms with van der Waals surface area (Å²) in [5, 5.41) is 9.10. The summed E-state index contributed by atoms with van der Waals surface area (Å²) in [5.41, 5.74) is 1.11. The summed E-state index contributed by atoms with van der Waals surface area (Å²) >= 11 is 3.47. The summed E-state index contributed by atoms with van der Waals surface area (Å²) in [5.74, 6) is 1.21. The Hall–Kier alpha value is -0.740. The molecule has 0 spiro atoms. The molecule has 1 atom stereocenters. The van der Waals surface area contributed by atoms with E-state index in [1.807, 2.05) is 19.1 Å². The zero-order valence-corrected chi connectivity index (χ0v) is 10.9. The first-order valence-electron chi connectivity index (χ1n) is 5.49. The number of halogens is 1. The lowest BCUT2D eigenvalue weighted by atomic mass is 10.1. The van der Waals surface area contributed by atoms with E-state index in [0.29, 0.717) is 6.61 Å². The molecule has 0 bridgehead atoms. The molecule has 2 rings (SSSR count). The van der Waals surface area contributed by atoms with Gasteiger partial charge in [0, 0.05) is 17.6 Å². The maximum atomic E-state index is 9.10. The average molecular weight is 286 g/mol. The van der Waals surface area contributed by atoms with Crippen LogP contribution in [-0.2, 0) is 0 Å². The van der Waals surface area contributed by atoms with Crippen molar-refractivity contribution in [3.05, 3.63) is 22.7 Å². The molecule has 1 heterocycles. The van der Waals surface area contributed by atoms with Crippen LogP contribution < -0.4 is 9.64 Å². The van der Waals surface area contributed by atoms with Gasteiger partial charge in [0.05, 0.1) is 12.2 Å². The Morgan fingerprint density at radius 1 is 1.56 bits per heavy atom. The van der Waals surface area contributed by atoms with Crippen molar-refractivity contribution in [2.24, 2.45) is 5.92 Å². The minimum absolute atomic E-state index is 0.223. The number of anilines is 1. The topological polar surface area (TPSA) is 32.7 Å². The van der Waals surface area contributed by atoms with E-state index in [-0.39, 0.29) is 12.5 Å². The lowest BCUT2D eigenvalue weighted by molar-refractivity contribution is 0.233. The summed E-state index contributed by atoms with van der Waals surface area (Å²) in [6, 6.07) is 6.03. The van der Waals surface area contributed by atoms with Crippen LogP contribution in [0.1, 0.15) is 6.92 Å². The average Bonchev–Trinajstić information content (AvgIpc) is 2.29. The van der Waals surface area contributed by atoms with Gasteiger partial charge in [-0.15, -0.1) is 0 Å². The second-order valence-electron chi connectivity index (χ2n) is 4.19. The molecule has 0 saturated heterocycles. The van der Waals surface area contributed by atoms with Gasteiger partial charge in [-0.1, -0.05) is 22.9 Å². The largest absolute Gasteiger partial charge is 0.490 e. The lowest BCUT2D eigenvalue weighted by Gasteiger charge is -2.33. The highest BCUT2D eigenvalue weighted by atomic mass is 79.9. The van der Waals surface area contributed by atoms with Gasteiger partial charge < -0.3 is 14.7 Å². The van der Waals surface area contributed by atoms with E-state index >= 15 is 0 Å². The van der Waals surface area contributed by atoms with Crippen molar-refractivity contribution in [3.8, 4) is 5.75 Å². The van der Waals surface area contributed by atoms with E-state index in [4.69, 9.17) is 9.84 Å². The minimum atomic E-state index is 0.223. The third-order valence-corrected chi connectivity index (χ3v) is 3.22. The van der Waals surface area contributed by atoms with Crippen LogP contribution in [0.5, 0.6) is 5.75 Å². The lowest BCUT2D eigenvalue weighted by Crippen LogP contribution is -2.36. The van der Waals surface area contributed by atoms with Crippen LogP contribution in [0.25, 0.3) is 0 Å². The maximum Gasteiger partial charge on any atom is 0.142 e. The van der Waals surface area contributed by atoms with Gasteiger partial charge in [-0.25, -0.2) is 0 Å². The fraction of sp³-hybridized carbons (Fsp3) is 0.500. The van der Waals surface area contributed by atoms with E-state index in [1.165, 1.54) is 0 Å². The smallest absolute Gasteiger partial charge is 0.142 e. The fourth-order valence-corrected chi connectivity index (χ4v) is 2.22. The van der Waals surface area contributed by atoms with Crippen molar-refractivity contribution in [2.45, 2.75) is 6.92 Å². The number of rotatable bonds is 3. The molecule has 0 saturated carbocycles. The molecule has 0 aromatic heterocycles. The number of nitrogens with zero attached hydrogens (tertiary/aromatic N) is 1. The maximum absolute atomic E-state index is 9.10. The Morgan fingerprint density at radius 3 is 3.12 bits per heavy atom. The van der Waals surface area contributed by atoms with Gasteiger partial charge in [-0.05, 0) is 24.1 Å². The summed E-state index contributed by atoms with van der Waals surface area (Å²) in [4.78, 5) is 2.27. The predicted octanol–water partition coefficient (Wildman–Crippen LogP) is 2.28. The van der Waals surface area contributed by atoms with Crippen LogP contribution in [0.15, 0.2) is 22.7 Å². The first-order valence-corrected chi connectivity index (χ1v) is 6.28. The van der Waals surface area contributed by atoms with Crippen molar-refractivity contribution in [1.82, 2.24) is 0 Å². The molecule has 16 heavy (non-hydrogen) atoms. The van der Waals surface area contributed by atoms with Crippen molar-refractivity contribution in [2.75, 3.05) is 31.2 Å². The van der Waals surface area contributed by atoms with Gasteiger partial charge in [0.15, 0.2) is 0 Å². The van der Waals surface area contributed by atoms with Gasteiger partial charge in [0.2, 0.25) is 0 Å². The van der Waals surface area contributed by atoms with Crippen molar-refractivity contribution in [1.29, 1.82) is 0 Å². The monoisotopic (exact) mass is 285 g/mol. The second kappa shape index (κ2) is 5.06. The van der Waals surface area contributed by atoms with Crippen LogP contribution in [0.3, 0.4) is 0 Å². The van der Waals surface area contributed by atoms with Crippen molar-refractivity contribution in [3.63, 3.8) is 0 Å². The quantitative estimate of drug-likeness (QED) is 0.925. The van der Waals surface area contributed by atoms with Gasteiger partial charge >= 0.3 is 0 Å².